The molecule has 1 aliphatic carbocycles. The smallest absolute Gasteiger partial charge is 0.0388 e. The molecule has 0 aromatic rings. The highest BCUT2D eigenvalue weighted by Gasteiger charge is 2.25. The first-order valence-corrected chi connectivity index (χ1v) is 7.26. The lowest BCUT2D eigenvalue weighted by Crippen LogP contribution is -2.22. The van der Waals surface area contributed by atoms with E-state index >= 15 is 0 Å². The van der Waals surface area contributed by atoms with E-state index in [1.165, 1.54) is 57.8 Å². The van der Waals surface area contributed by atoms with Gasteiger partial charge in [-0.1, -0.05) is 79.1 Å². The van der Waals surface area contributed by atoms with Gasteiger partial charge in [-0.05, 0) is 18.3 Å². The summed E-state index contributed by atoms with van der Waals surface area (Å²) in [5, 5.41) is 0. The van der Waals surface area contributed by atoms with Crippen LogP contribution in [0.1, 0.15) is 85.5 Å². The van der Waals surface area contributed by atoms with Crippen molar-refractivity contribution >= 4 is 0 Å². The molecule has 0 radical (unpaired) electrons. The molecule has 0 aromatic carbocycles. The lowest BCUT2D eigenvalue weighted by molar-refractivity contribution is 0.180. The Balaban J connectivity index is 0.000000288. The maximum absolute atomic E-state index is 2.39. The summed E-state index contributed by atoms with van der Waals surface area (Å²) in [6.45, 7) is 9.14. The fourth-order valence-electron chi connectivity index (χ4n) is 2.13. The van der Waals surface area contributed by atoms with Crippen LogP contribution < -0.4 is 0 Å². The third-order valence-corrected chi connectivity index (χ3v) is 3.68. The van der Waals surface area contributed by atoms with Crippen molar-refractivity contribution in [3.8, 4) is 0 Å². The fourth-order valence-corrected chi connectivity index (χ4v) is 2.13. The number of unbranched alkanes of at least 4 members (excludes halogenated alkanes) is 4. The third-order valence-electron chi connectivity index (χ3n) is 3.68. The molecule has 0 heterocycles. The Morgan fingerprint density at radius 3 is 1.60 bits per heavy atom. The topological polar surface area (TPSA) is 0 Å². The summed E-state index contributed by atoms with van der Waals surface area (Å²) in [4.78, 5) is 0. The van der Waals surface area contributed by atoms with Crippen LogP contribution in [0.5, 0.6) is 0 Å². The van der Waals surface area contributed by atoms with E-state index in [9.17, 15) is 0 Å². The van der Waals surface area contributed by atoms with Gasteiger partial charge in [0.1, 0.15) is 0 Å². The number of hydrogen-bond donors (Lipinski definition) is 0. The standard InChI is InChI=1S/C9H18.C6H14/c1-3-4-5-9-7-6-8(9)2;1-3-5-6-4-2/h8-9H,3-7H2,1-2H3;3-6H2,1-2H3. The van der Waals surface area contributed by atoms with Crippen molar-refractivity contribution in [3.63, 3.8) is 0 Å². The molecule has 0 saturated heterocycles. The molecule has 1 fully saturated rings. The molecular weight excluding hydrogens is 180 g/mol. The monoisotopic (exact) mass is 212 g/mol. The van der Waals surface area contributed by atoms with Gasteiger partial charge in [-0.15, -0.1) is 0 Å². The normalized spacial score (nSPS) is 24.0. The quantitative estimate of drug-likeness (QED) is 0.487. The molecule has 0 spiro atoms. The lowest BCUT2D eigenvalue weighted by Gasteiger charge is -2.33. The predicted molar refractivity (Wildman–Crippen MR) is 71.2 cm³/mol. The van der Waals surface area contributed by atoms with Crippen LogP contribution in [-0.2, 0) is 0 Å². The summed E-state index contributed by atoms with van der Waals surface area (Å²) in [5.74, 6) is 2.15. The van der Waals surface area contributed by atoms with Crippen molar-refractivity contribution in [1.29, 1.82) is 0 Å². The zero-order valence-corrected chi connectivity index (χ0v) is 11.5. The second-order valence-corrected chi connectivity index (χ2v) is 5.16. The third kappa shape index (κ3) is 7.88. The molecule has 0 heteroatoms. The second kappa shape index (κ2) is 10.5. The molecule has 0 aromatic heterocycles. The van der Waals surface area contributed by atoms with E-state index in [4.69, 9.17) is 0 Å². The average molecular weight is 212 g/mol. The summed E-state index contributed by atoms with van der Waals surface area (Å²) < 4.78 is 0. The molecular formula is C15H32. The van der Waals surface area contributed by atoms with Crippen LogP contribution in [0.15, 0.2) is 0 Å². The zero-order valence-electron chi connectivity index (χ0n) is 11.5. The van der Waals surface area contributed by atoms with E-state index in [0.717, 1.165) is 11.8 Å². The van der Waals surface area contributed by atoms with Crippen LogP contribution in [0, 0.1) is 11.8 Å². The highest BCUT2D eigenvalue weighted by atomic mass is 14.3. The van der Waals surface area contributed by atoms with Crippen LogP contribution in [0.4, 0.5) is 0 Å². The van der Waals surface area contributed by atoms with Gasteiger partial charge in [0.2, 0.25) is 0 Å². The SMILES string of the molecule is CCCCC1CCC1C.CCCCCC. The fraction of sp³-hybridized carbons (Fsp3) is 1.00. The van der Waals surface area contributed by atoms with Crippen molar-refractivity contribution in [2.45, 2.75) is 85.5 Å². The predicted octanol–water partition coefficient (Wildman–Crippen LogP) is 5.81. The first-order valence-electron chi connectivity index (χ1n) is 7.26. The van der Waals surface area contributed by atoms with Crippen LogP contribution >= 0.6 is 0 Å². The lowest BCUT2D eigenvalue weighted by atomic mass is 9.72. The van der Waals surface area contributed by atoms with Gasteiger partial charge < -0.3 is 0 Å². The first-order chi connectivity index (χ1) is 7.26. The van der Waals surface area contributed by atoms with Crippen molar-refractivity contribution in [2.75, 3.05) is 0 Å². The minimum atomic E-state index is 1.05. The molecule has 2 unspecified atom stereocenters. The maximum atomic E-state index is 2.39. The molecule has 0 aliphatic heterocycles. The molecule has 15 heavy (non-hydrogen) atoms. The summed E-state index contributed by atoms with van der Waals surface area (Å²) >= 11 is 0. The number of rotatable bonds is 6. The number of hydrogen-bond acceptors (Lipinski definition) is 0. The molecule has 1 aliphatic rings. The first kappa shape index (κ1) is 15.0. The molecule has 92 valence electrons. The molecule has 0 N–H and O–H groups in total. The van der Waals surface area contributed by atoms with Gasteiger partial charge in [0.15, 0.2) is 0 Å². The second-order valence-electron chi connectivity index (χ2n) is 5.16. The van der Waals surface area contributed by atoms with Crippen LogP contribution in [0.3, 0.4) is 0 Å². The Morgan fingerprint density at radius 2 is 1.33 bits per heavy atom. The van der Waals surface area contributed by atoms with Crippen molar-refractivity contribution in [1.82, 2.24) is 0 Å². The van der Waals surface area contributed by atoms with Gasteiger partial charge in [0.05, 0.1) is 0 Å². The van der Waals surface area contributed by atoms with E-state index < -0.39 is 0 Å². The van der Waals surface area contributed by atoms with Crippen molar-refractivity contribution in [3.05, 3.63) is 0 Å². The van der Waals surface area contributed by atoms with Gasteiger partial charge in [-0.3, -0.25) is 0 Å². The molecule has 1 rings (SSSR count). The average Bonchev–Trinajstić information content (AvgIpc) is 2.25. The Bertz CT molecular complexity index is 113. The van der Waals surface area contributed by atoms with Crippen molar-refractivity contribution < 1.29 is 0 Å². The van der Waals surface area contributed by atoms with E-state index in [-0.39, 0.29) is 0 Å². The van der Waals surface area contributed by atoms with Crippen LogP contribution in [0.25, 0.3) is 0 Å². The largest absolute Gasteiger partial charge is 0.0654 e. The highest BCUT2D eigenvalue weighted by Crippen LogP contribution is 2.36. The summed E-state index contributed by atoms with van der Waals surface area (Å²) in [6.07, 6.45) is 12.9. The van der Waals surface area contributed by atoms with Gasteiger partial charge in [0.25, 0.3) is 0 Å². The summed E-state index contributed by atoms with van der Waals surface area (Å²) in [5.41, 5.74) is 0. The Hall–Kier alpha value is 0. The highest BCUT2D eigenvalue weighted by molar-refractivity contribution is 4.76. The molecule has 0 nitrogen and oxygen atoms in total. The molecule has 2 atom stereocenters. The van der Waals surface area contributed by atoms with Gasteiger partial charge >= 0.3 is 0 Å². The Labute approximate surface area is 97.8 Å². The van der Waals surface area contributed by atoms with E-state index in [1.807, 2.05) is 0 Å². The molecule has 0 bridgehead atoms. The summed E-state index contributed by atoms with van der Waals surface area (Å²) in [6, 6.07) is 0. The van der Waals surface area contributed by atoms with E-state index in [1.54, 1.807) is 0 Å². The van der Waals surface area contributed by atoms with Gasteiger partial charge in [-0.2, -0.15) is 0 Å². The minimum absolute atomic E-state index is 1.05. The van der Waals surface area contributed by atoms with E-state index in [2.05, 4.69) is 27.7 Å². The minimum Gasteiger partial charge on any atom is -0.0654 e. The molecule has 1 saturated carbocycles. The van der Waals surface area contributed by atoms with Crippen LogP contribution in [0.2, 0.25) is 0 Å². The molecule has 0 amide bonds. The Morgan fingerprint density at radius 1 is 0.800 bits per heavy atom. The van der Waals surface area contributed by atoms with Gasteiger partial charge in [0, 0.05) is 0 Å². The Kier molecular flexibility index (Phi) is 10.5. The van der Waals surface area contributed by atoms with E-state index in [0.29, 0.717) is 0 Å². The summed E-state index contributed by atoms with van der Waals surface area (Å²) in [7, 11) is 0. The zero-order chi connectivity index (χ0) is 11.5. The van der Waals surface area contributed by atoms with Gasteiger partial charge in [-0.25, -0.2) is 0 Å². The van der Waals surface area contributed by atoms with Crippen LogP contribution in [-0.4, -0.2) is 0 Å². The van der Waals surface area contributed by atoms with Crippen molar-refractivity contribution in [2.24, 2.45) is 11.8 Å². The maximum Gasteiger partial charge on any atom is -0.0388 e.